The van der Waals surface area contributed by atoms with Crippen LogP contribution in [0.4, 0.5) is 4.39 Å². The molecule has 0 spiro atoms. The van der Waals surface area contributed by atoms with E-state index in [4.69, 9.17) is 11.6 Å². The van der Waals surface area contributed by atoms with Crippen LogP contribution in [0.2, 0.25) is 5.15 Å². The number of nitrogens with zero attached hydrogens (tertiary/aromatic N) is 2. The van der Waals surface area contributed by atoms with Crippen molar-refractivity contribution in [2.24, 2.45) is 0 Å². The highest BCUT2D eigenvalue weighted by molar-refractivity contribution is 14.1. The molecule has 16 heavy (non-hydrogen) atoms. The van der Waals surface area contributed by atoms with Crippen LogP contribution in [0.1, 0.15) is 5.56 Å². The van der Waals surface area contributed by atoms with Crippen molar-refractivity contribution in [3.8, 4) is 11.4 Å². The molecule has 0 N–H and O–H groups in total. The van der Waals surface area contributed by atoms with Crippen molar-refractivity contribution in [1.82, 2.24) is 9.97 Å². The van der Waals surface area contributed by atoms with Gasteiger partial charge in [0.05, 0.1) is 3.57 Å². The minimum absolute atomic E-state index is 0.266. The molecular weight excluding hydrogens is 341 g/mol. The molecule has 0 aliphatic heterocycles. The fourth-order valence-electron chi connectivity index (χ4n) is 1.35. The molecule has 0 amide bonds. The summed E-state index contributed by atoms with van der Waals surface area (Å²) in [6.07, 6.45) is 1.65. The van der Waals surface area contributed by atoms with Gasteiger partial charge in [-0.2, -0.15) is 0 Å². The standard InChI is InChI=1S/C11H7ClFIN2/c1-6-4-7(13)2-3-8(6)11-15-5-9(14)10(12)16-11/h2-5H,1H3. The van der Waals surface area contributed by atoms with E-state index in [2.05, 4.69) is 32.6 Å². The van der Waals surface area contributed by atoms with Crippen molar-refractivity contribution in [3.63, 3.8) is 0 Å². The average Bonchev–Trinajstić information content (AvgIpc) is 2.22. The van der Waals surface area contributed by atoms with E-state index in [9.17, 15) is 4.39 Å². The zero-order valence-corrected chi connectivity index (χ0v) is 11.3. The summed E-state index contributed by atoms with van der Waals surface area (Å²) in [4.78, 5) is 8.33. The normalized spacial score (nSPS) is 10.5. The van der Waals surface area contributed by atoms with E-state index < -0.39 is 0 Å². The fourth-order valence-corrected chi connectivity index (χ4v) is 1.74. The van der Waals surface area contributed by atoms with Gasteiger partial charge in [-0.1, -0.05) is 11.6 Å². The third-order valence-electron chi connectivity index (χ3n) is 2.13. The highest BCUT2D eigenvalue weighted by atomic mass is 127. The van der Waals surface area contributed by atoms with Gasteiger partial charge >= 0.3 is 0 Å². The maximum atomic E-state index is 12.9. The molecule has 5 heteroatoms. The van der Waals surface area contributed by atoms with Crippen LogP contribution in [0.3, 0.4) is 0 Å². The molecule has 2 aromatic rings. The lowest BCUT2D eigenvalue weighted by molar-refractivity contribution is 0.627. The van der Waals surface area contributed by atoms with Gasteiger partial charge in [-0.05, 0) is 53.3 Å². The summed E-state index contributed by atoms with van der Waals surface area (Å²) in [5, 5.41) is 0.411. The summed E-state index contributed by atoms with van der Waals surface area (Å²) in [5.41, 5.74) is 1.58. The van der Waals surface area contributed by atoms with Gasteiger partial charge in [0.2, 0.25) is 0 Å². The topological polar surface area (TPSA) is 25.8 Å². The van der Waals surface area contributed by atoms with Gasteiger partial charge in [0, 0.05) is 11.8 Å². The third-order valence-corrected chi connectivity index (χ3v) is 3.53. The van der Waals surface area contributed by atoms with Crippen molar-refractivity contribution in [2.45, 2.75) is 6.92 Å². The molecule has 0 unspecified atom stereocenters. The predicted octanol–water partition coefficient (Wildman–Crippen LogP) is 3.85. The Balaban J connectivity index is 2.54. The second kappa shape index (κ2) is 4.63. The van der Waals surface area contributed by atoms with Crippen LogP contribution in [0, 0.1) is 16.3 Å². The van der Waals surface area contributed by atoms with E-state index in [1.807, 2.05) is 6.92 Å². The molecule has 0 bridgehead atoms. The Hall–Kier alpha value is -0.750. The Morgan fingerprint density at radius 2 is 2.12 bits per heavy atom. The van der Waals surface area contributed by atoms with Crippen LogP contribution in [0.15, 0.2) is 24.4 Å². The molecule has 1 aromatic heterocycles. The summed E-state index contributed by atoms with van der Waals surface area (Å²) >= 11 is 7.97. The van der Waals surface area contributed by atoms with Crippen LogP contribution in [0.5, 0.6) is 0 Å². The number of rotatable bonds is 1. The molecule has 1 aromatic carbocycles. The first-order valence-corrected chi connectivity index (χ1v) is 5.98. The molecule has 0 fully saturated rings. The second-order valence-electron chi connectivity index (χ2n) is 3.29. The van der Waals surface area contributed by atoms with Gasteiger partial charge in [0.1, 0.15) is 11.0 Å². The summed E-state index contributed by atoms with van der Waals surface area (Å²) in [7, 11) is 0. The summed E-state index contributed by atoms with van der Waals surface area (Å²) in [5.74, 6) is 0.251. The summed E-state index contributed by atoms with van der Waals surface area (Å²) < 4.78 is 13.7. The molecule has 0 saturated carbocycles. The molecule has 0 saturated heterocycles. The zero-order chi connectivity index (χ0) is 11.7. The smallest absolute Gasteiger partial charge is 0.161 e. The van der Waals surface area contributed by atoms with Crippen LogP contribution in [0.25, 0.3) is 11.4 Å². The van der Waals surface area contributed by atoms with Gasteiger partial charge in [0.15, 0.2) is 5.82 Å². The lowest BCUT2D eigenvalue weighted by Gasteiger charge is -2.05. The monoisotopic (exact) mass is 348 g/mol. The summed E-state index contributed by atoms with van der Waals surface area (Å²) in [6, 6.07) is 4.49. The van der Waals surface area contributed by atoms with Gasteiger partial charge in [-0.15, -0.1) is 0 Å². The number of hydrogen-bond donors (Lipinski definition) is 0. The fraction of sp³-hybridized carbons (Fsp3) is 0.0909. The van der Waals surface area contributed by atoms with Crippen molar-refractivity contribution in [2.75, 3.05) is 0 Å². The first-order valence-electron chi connectivity index (χ1n) is 4.52. The molecule has 0 atom stereocenters. The molecule has 0 aliphatic carbocycles. The Bertz CT molecular complexity index is 546. The number of aromatic nitrogens is 2. The van der Waals surface area contributed by atoms with Crippen LogP contribution < -0.4 is 0 Å². The summed E-state index contributed by atoms with van der Waals surface area (Å²) in [6.45, 7) is 1.81. The lowest BCUT2D eigenvalue weighted by Crippen LogP contribution is -1.94. The molecule has 2 nitrogen and oxygen atoms in total. The Morgan fingerprint density at radius 3 is 2.75 bits per heavy atom. The van der Waals surface area contributed by atoms with E-state index in [1.165, 1.54) is 12.1 Å². The van der Waals surface area contributed by atoms with Crippen LogP contribution >= 0.6 is 34.2 Å². The molecule has 1 heterocycles. The number of halogens is 3. The zero-order valence-electron chi connectivity index (χ0n) is 8.34. The molecular formula is C11H7ClFIN2. The SMILES string of the molecule is Cc1cc(F)ccc1-c1ncc(I)c(Cl)n1. The number of hydrogen-bond acceptors (Lipinski definition) is 2. The quantitative estimate of drug-likeness (QED) is 0.578. The van der Waals surface area contributed by atoms with Crippen molar-refractivity contribution >= 4 is 34.2 Å². The Labute approximate surface area is 111 Å². The largest absolute Gasteiger partial charge is 0.235 e. The van der Waals surface area contributed by atoms with E-state index >= 15 is 0 Å². The highest BCUT2D eigenvalue weighted by Gasteiger charge is 2.08. The minimum atomic E-state index is -0.266. The molecule has 0 radical (unpaired) electrons. The van der Waals surface area contributed by atoms with Gasteiger partial charge in [0.25, 0.3) is 0 Å². The second-order valence-corrected chi connectivity index (χ2v) is 4.81. The van der Waals surface area contributed by atoms with E-state index in [1.54, 1.807) is 12.3 Å². The Morgan fingerprint density at radius 1 is 1.38 bits per heavy atom. The highest BCUT2D eigenvalue weighted by Crippen LogP contribution is 2.23. The molecule has 2 rings (SSSR count). The average molecular weight is 349 g/mol. The predicted molar refractivity (Wildman–Crippen MR) is 69.9 cm³/mol. The Kier molecular flexibility index (Phi) is 3.39. The first kappa shape index (κ1) is 11.7. The minimum Gasteiger partial charge on any atom is -0.235 e. The number of benzene rings is 1. The third kappa shape index (κ3) is 2.32. The maximum absolute atomic E-state index is 12.9. The van der Waals surface area contributed by atoms with Gasteiger partial charge in [-0.25, -0.2) is 14.4 Å². The van der Waals surface area contributed by atoms with Crippen molar-refractivity contribution < 1.29 is 4.39 Å². The van der Waals surface area contributed by atoms with E-state index in [-0.39, 0.29) is 5.82 Å². The molecule has 82 valence electrons. The molecule has 0 aliphatic rings. The van der Waals surface area contributed by atoms with Gasteiger partial charge in [-0.3, -0.25) is 0 Å². The number of aryl methyl sites for hydroxylation is 1. The first-order chi connectivity index (χ1) is 7.58. The van der Waals surface area contributed by atoms with Crippen LogP contribution in [-0.4, -0.2) is 9.97 Å². The van der Waals surface area contributed by atoms with E-state index in [0.717, 1.165) is 14.7 Å². The van der Waals surface area contributed by atoms with E-state index in [0.29, 0.717) is 11.0 Å². The van der Waals surface area contributed by atoms with Crippen molar-refractivity contribution in [3.05, 3.63) is 44.5 Å². The van der Waals surface area contributed by atoms with Crippen LogP contribution in [-0.2, 0) is 0 Å². The lowest BCUT2D eigenvalue weighted by atomic mass is 10.1. The maximum Gasteiger partial charge on any atom is 0.161 e. The van der Waals surface area contributed by atoms with Gasteiger partial charge < -0.3 is 0 Å². The van der Waals surface area contributed by atoms with Crippen molar-refractivity contribution in [1.29, 1.82) is 0 Å².